The zero-order valence-electron chi connectivity index (χ0n) is 15.3. The minimum absolute atomic E-state index is 0.254. The number of rotatable bonds is 4. The minimum Gasteiger partial charge on any atom is -0.467 e. The second-order valence-corrected chi connectivity index (χ2v) is 6.66. The maximum Gasteiger partial charge on any atom is 0.338 e. The van der Waals surface area contributed by atoms with Gasteiger partial charge in [-0.3, -0.25) is 0 Å². The molecule has 3 aromatic rings. The molecule has 0 spiro atoms. The van der Waals surface area contributed by atoms with Gasteiger partial charge in [0.05, 0.1) is 20.3 Å². The van der Waals surface area contributed by atoms with E-state index in [1.165, 1.54) is 7.11 Å². The second-order valence-electron chi connectivity index (χ2n) is 6.66. The Bertz CT molecular complexity index is 899. The van der Waals surface area contributed by atoms with Gasteiger partial charge >= 0.3 is 5.97 Å². The summed E-state index contributed by atoms with van der Waals surface area (Å²) in [7, 11) is 1.46. The van der Waals surface area contributed by atoms with Gasteiger partial charge in [0, 0.05) is 11.4 Å². The fourth-order valence-corrected chi connectivity index (χ4v) is 3.85. The quantitative estimate of drug-likeness (QED) is 0.659. The first-order chi connectivity index (χ1) is 13.3. The van der Waals surface area contributed by atoms with Crippen molar-refractivity contribution in [1.82, 2.24) is 0 Å². The summed E-state index contributed by atoms with van der Waals surface area (Å²) < 4.78 is 5.32. The van der Waals surface area contributed by atoms with Gasteiger partial charge in [-0.15, -0.1) is 0 Å². The molecule has 0 bridgehead atoms. The van der Waals surface area contributed by atoms with Gasteiger partial charge in [-0.25, -0.2) is 4.79 Å². The van der Waals surface area contributed by atoms with E-state index in [4.69, 9.17) is 4.74 Å². The van der Waals surface area contributed by atoms with Gasteiger partial charge in [0.1, 0.15) is 0 Å². The molecule has 1 saturated heterocycles. The first kappa shape index (κ1) is 17.2. The number of hydrogen-bond acceptors (Lipinski definition) is 4. The molecule has 4 rings (SSSR count). The zero-order valence-corrected chi connectivity index (χ0v) is 15.3. The van der Waals surface area contributed by atoms with Crippen molar-refractivity contribution in [2.75, 3.05) is 30.1 Å². The Morgan fingerprint density at radius 2 is 1.33 bits per heavy atom. The Morgan fingerprint density at radius 3 is 1.89 bits per heavy atom. The molecule has 1 unspecified atom stereocenters. The highest BCUT2D eigenvalue weighted by atomic mass is 16.5. The van der Waals surface area contributed by atoms with Crippen LogP contribution in [-0.2, 0) is 15.1 Å². The molecule has 0 amide bonds. The highest BCUT2D eigenvalue weighted by Gasteiger charge is 2.53. The molecular formula is C23H22N2O2. The van der Waals surface area contributed by atoms with E-state index < -0.39 is 5.54 Å². The lowest BCUT2D eigenvalue weighted by atomic mass is 9.88. The predicted octanol–water partition coefficient (Wildman–Crippen LogP) is 4.04. The summed E-state index contributed by atoms with van der Waals surface area (Å²) in [4.78, 5) is 17.6. The molecule has 1 fully saturated rings. The molecule has 1 aliphatic heterocycles. The molecule has 0 radical (unpaired) electrons. The smallest absolute Gasteiger partial charge is 0.338 e. The summed E-state index contributed by atoms with van der Waals surface area (Å²) in [5, 5.41) is 0. The Labute approximate surface area is 159 Å². The van der Waals surface area contributed by atoms with Crippen LogP contribution < -0.4 is 9.80 Å². The largest absolute Gasteiger partial charge is 0.467 e. The SMILES string of the molecule is COC(=O)C1(c2ccccc2)CN(c2ccccc2)CN1c1ccccc1. The highest BCUT2D eigenvalue weighted by molar-refractivity contribution is 5.89. The average molecular weight is 358 g/mol. The number of nitrogens with zero attached hydrogens (tertiary/aromatic N) is 2. The van der Waals surface area contributed by atoms with Crippen LogP contribution in [0.3, 0.4) is 0 Å². The van der Waals surface area contributed by atoms with Gasteiger partial charge in [-0.05, 0) is 29.8 Å². The van der Waals surface area contributed by atoms with Gasteiger partial charge in [0.25, 0.3) is 0 Å². The van der Waals surface area contributed by atoms with E-state index in [2.05, 4.69) is 21.9 Å². The molecule has 0 aromatic heterocycles. The molecule has 0 saturated carbocycles. The third-order valence-electron chi connectivity index (χ3n) is 5.16. The Kier molecular flexibility index (Phi) is 4.55. The standard InChI is InChI=1S/C23H22N2O2/c1-27-22(26)23(19-11-5-2-6-12-19)17-24(20-13-7-3-8-14-20)18-25(23)21-15-9-4-10-16-21/h2-16H,17-18H2,1H3. The molecule has 1 heterocycles. The van der Waals surface area contributed by atoms with Crippen LogP contribution >= 0.6 is 0 Å². The Hall–Kier alpha value is -3.27. The van der Waals surface area contributed by atoms with Crippen LogP contribution in [0.15, 0.2) is 91.0 Å². The number of anilines is 2. The lowest BCUT2D eigenvalue weighted by molar-refractivity contribution is -0.146. The number of ether oxygens (including phenoxy) is 1. The number of methoxy groups -OCH3 is 1. The fourth-order valence-electron chi connectivity index (χ4n) is 3.85. The van der Waals surface area contributed by atoms with Gasteiger partial charge in [0.2, 0.25) is 0 Å². The lowest BCUT2D eigenvalue weighted by Crippen LogP contribution is -2.51. The monoisotopic (exact) mass is 358 g/mol. The van der Waals surface area contributed by atoms with Gasteiger partial charge in [-0.1, -0.05) is 66.7 Å². The van der Waals surface area contributed by atoms with Crippen molar-refractivity contribution in [1.29, 1.82) is 0 Å². The molecule has 0 N–H and O–H groups in total. The van der Waals surface area contributed by atoms with Crippen molar-refractivity contribution < 1.29 is 9.53 Å². The molecule has 4 nitrogen and oxygen atoms in total. The molecule has 3 aromatic carbocycles. The van der Waals surface area contributed by atoms with Crippen LogP contribution in [-0.4, -0.2) is 26.3 Å². The van der Waals surface area contributed by atoms with E-state index in [0.717, 1.165) is 16.9 Å². The van der Waals surface area contributed by atoms with Crippen LogP contribution in [0.1, 0.15) is 5.56 Å². The fraction of sp³-hybridized carbons (Fsp3) is 0.174. The second kappa shape index (κ2) is 7.16. The first-order valence-corrected chi connectivity index (χ1v) is 9.02. The van der Waals surface area contributed by atoms with E-state index in [1.807, 2.05) is 78.9 Å². The van der Waals surface area contributed by atoms with E-state index >= 15 is 0 Å². The van der Waals surface area contributed by atoms with E-state index in [-0.39, 0.29) is 5.97 Å². The summed E-state index contributed by atoms with van der Waals surface area (Å²) in [5.74, 6) is -0.254. The lowest BCUT2D eigenvalue weighted by Gasteiger charge is -2.36. The van der Waals surface area contributed by atoms with Gasteiger partial charge < -0.3 is 14.5 Å². The van der Waals surface area contributed by atoms with Crippen LogP contribution in [0.5, 0.6) is 0 Å². The molecule has 27 heavy (non-hydrogen) atoms. The molecular weight excluding hydrogens is 336 g/mol. The van der Waals surface area contributed by atoms with Crippen molar-refractivity contribution in [2.45, 2.75) is 5.54 Å². The Morgan fingerprint density at radius 1 is 0.815 bits per heavy atom. The molecule has 1 atom stereocenters. The molecule has 1 aliphatic rings. The number of hydrogen-bond donors (Lipinski definition) is 0. The van der Waals surface area contributed by atoms with Crippen molar-refractivity contribution in [3.8, 4) is 0 Å². The minimum atomic E-state index is -0.910. The maximum absolute atomic E-state index is 13.2. The average Bonchev–Trinajstić information content (AvgIpc) is 3.17. The van der Waals surface area contributed by atoms with Crippen molar-refractivity contribution in [3.63, 3.8) is 0 Å². The van der Waals surface area contributed by atoms with Gasteiger partial charge in [0.15, 0.2) is 5.54 Å². The highest BCUT2D eigenvalue weighted by Crippen LogP contribution is 2.41. The van der Waals surface area contributed by atoms with Crippen molar-refractivity contribution >= 4 is 17.3 Å². The molecule has 4 heteroatoms. The number of para-hydroxylation sites is 2. The first-order valence-electron chi connectivity index (χ1n) is 9.02. The van der Waals surface area contributed by atoms with Gasteiger partial charge in [-0.2, -0.15) is 0 Å². The number of carbonyl (C=O) groups is 1. The van der Waals surface area contributed by atoms with Crippen LogP contribution in [0.4, 0.5) is 11.4 Å². The topological polar surface area (TPSA) is 32.8 Å². The van der Waals surface area contributed by atoms with Crippen molar-refractivity contribution in [2.24, 2.45) is 0 Å². The van der Waals surface area contributed by atoms with Crippen LogP contribution in [0, 0.1) is 0 Å². The maximum atomic E-state index is 13.2. The summed E-state index contributed by atoms with van der Waals surface area (Å²) in [6.07, 6.45) is 0. The van der Waals surface area contributed by atoms with Crippen molar-refractivity contribution in [3.05, 3.63) is 96.6 Å². The Balaban J connectivity index is 1.88. The number of benzene rings is 3. The normalized spacial score (nSPS) is 19.1. The third kappa shape index (κ3) is 2.93. The third-order valence-corrected chi connectivity index (χ3v) is 5.16. The molecule has 0 aliphatic carbocycles. The van der Waals surface area contributed by atoms with E-state index in [1.54, 1.807) is 0 Å². The summed E-state index contributed by atoms with van der Waals surface area (Å²) in [6, 6.07) is 30.1. The summed E-state index contributed by atoms with van der Waals surface area (Å²) >= 11 is 0. The van der Waals surface area contributed by atoms with E-state index in [9.17, 15) is 4.79 Å². The number of carbonyl (C=O) groups excluding carboxylic acids is 1. The number of esters is 1. The predicted molar refractivity (Wildman–Crippen MR) is 108 cm³/mol. The summed E-state index contributed by atoms with van der Waals surface area (Å²) in [5.41, 5.74) is 2.09. The molecule has 136 valence electrons. The van der Waals surface area contributed by atoms with Crippen LogP contribution in [0.2, 0.25) is 0 Å². The summed E-state index contributed by atoms with van der Waals surface area (Å²) in [6.45, 7) is 1.11. The van der Waals surface area contributed by atoms with E-state index in [0.29, 0.717) is 13.2 Å². The van der Waals surface area contributed by atoms with Crippen LogP contribution in [0.25, 0.3) is 0 Å². The zero-order chi connectivity index (χ0) is 18.7.